The molecule has 0 atom stereocenters. The van der Waals surface area contributed by atoms with Gasteiger partial charge in [0.1, 0.15) is 0 Å². The van der Waals surface area contributed by atoms with Gasteiger partial charge >= 0.3 is 181 Å². The SMILES string of the molecule is F/[C](=C/CCc1ccccc1)[Ge]([c]1ccccc1)([c]1ccccc1)[c]1ccccc1. The van der Waals surface area contributed by atoms with Gasteiger partial charge in [0.15, 0.2) is 0 Å². The Labute approximate surface area is 181 Å². The van der Waals surface area contributed by atoms with Crippen molar-refractivity contribution in [2.24, 2.45) is 0 Å². The molecule has 148 valence electrons. The summed E-state index contributed by atoms with van der Waals surface area (Å²) in [6, 6.07) is 41.1. The maximum atomic E-state index is 16.4. The van der Waals surface area contributed by atoms with Gasteiger partial charge in [-0.2, -0.15) is 0 Å². The van der Waals surface area contributed by atoms with E-state index in [1.54, 1.807) is 0 Å². The first kappa shape index (κ1) is 20.4. The van der Waals surface area contributed by atoms with Crippen LogP contribution in [0.1, 0.15) is 12.0 Å². The number of halogens is 1. The molecule has 0 radical (unpaired) electrons. The van der Waals surface area contributed by atoms with Gasteiger partial charge in [-0.05, 0) is 0 Å². The Morgan fingerprint density at radius 3 is 1.33 bits per heavy atom. The summed E-state index contributed by atoms with van der Waals surface area (Å²) in [6.45, 7) is 0. The van der Waals surface area contributed by atoms with E-state index >= 15 is 4.39 Å². The molecule has 0 N–H and O–H groups in total. The van der Waals surface area contributed by atoms with Crippen molar-refractivity contribution >= 4 is 26.5 Å². The van der Waals surface area contributed by atoms with Crippen molar-refractivity contribution in [3.05, 3.63) is 138 Å². The van der Waals surface area contributed by atoms with Gasteiger partial charge in [-0.25, -0.2) is 0 Å². The molecule has 0 saturated heterocycles. The van der Waals surface area contributed by atoms with Crippen molar-refractivity contribution in [3.8, 4) is 0 Å². The molecule has 4 rings (SSSR count). The molecule has 0 heterocycles. The molecule has 0 nitrogen and oxygen atoms in total. The van der Waals surface area contributed by atoms with Gasteiger partial charge in [0.2, 0.25) is 0 Å². The Kier molecular flexibility index (Phi) is 6.61. The van der Waals surface area contributed by atoms with Crippen LogP contribution in [0.3, 0.4) is 0 Å². The molecule has 4 aromatic carbocycles. The standard InChI is InChI=1S/C28H25FGe/c29-28(23-13-16-24-14-5-1-6-15-24)30(25-17-7-2-8-18-25,26-19-9-3-10-20-26)27-21-11-4-12-22-27/h1-12,14-15,17-23H,13,16H2/b28-23-. The zero-order valence-corrected chi connectivity index (χ0v) is 19.0. The molecule has 0 aliphatic carbocycles. The first-order chi connectivity index (χ1) is 14.8. The summed E-state index contributed by atoms with van der Waals surface area (Å²) < 4.78 is 19.8. The molecular weight excluding hydrogens is 428 g/mol. The van der Waals surface area contributed by atoms with Crippen molar-refractivity contribution in [1.82, 2.24) is 0 Å². The molecule has 2 heteroatoms. The Balaban J connectivity index is 1.85. The minimum absolute atomic E-state index is 0.0505. The van der Waals surface area contributed by atoms with E-state index < -0.39 is 13.3 Å². The first-order valence-electron chi connectivity index (χ1n) is 10.4. The summed E-state index contributed by atoms with van der Waals surface area (Å²) in [6.07, 6.45) is 3.38. The van der Waals surface area contributed by atoms with E-state index in [1.807, 2.05) is 78.9 Å². The average molecular weight is 453 g/mol. The van der Waals surface area contributed by atoms with Gasteiger partial charge in [-0.15, -0.1) is 0 Å². The topological polar surface area (TPSA) is 0 Å². The van der Waals surface area contributed by atoms with Crippen LogP contribution in [0.4, 0.5) is 4.39 Å². The van der Waals surface area contributed by atoms with E-state index in [0.717, 1.165) is 19.6 Å². The number of aryl methyl sites for hydroxylation is 1. The van der Waals surface area contributed by atoms with Gasteiger partial charge in [0.25, 0.3) is 0 Å². The fourth-order valence-electron chi connectivity index (χ4n) is 4.14. The van der Waals surface area contributed by atoms with E-state index in [-0.39, 0.29) is 4.66 Å². The van der Waals surface area contributed by atoms with Crippen LogP contribution in [0.25, 0.3) is 0 Å². The zero-order valence-electron chi connectivity index (χ0n) is 16.9. The Morgan fingerprint density at radius 2 is 0.933 bits per heavy atom. The monoisotopic (exact) mass is 454 g/mol. The Morgan fingerprint density at radius 1 is 0.567 bits per heavy atom. The second kappa shape index (κ2) is 9.73. The second-order valence-corrected chi connectivity index (χ2v) is 15.2. The van der Waals surface area contributed by atoms with E-state index in [9.17, 15) is 0 Å². The van der Waals surface area contributed by atoms with Crippen LogP contribution in [0, 0.1) is 0 Å². The quantitative estimate of drug-likeness (QED) is 0.339. The van der Waals surface area contributed by atoms with Crippen LogP contribution in [-0.4, -0.2) is 13.3 Å². The fourth-order valence-corrected chi connectivity index (χ4v) is 13.3. The van der Waals surface area contributed by atoms with Crippen LogP contribution < -0.4 is 13.2 Å². The van der Waals surface area contributed by atoms with Gasteiger partial charge in [-0.1, -0.05) is 0 Å². The molecule has 0 spiro atoms. The zero-order chi connectivity index (χ0) is 20.7. The van der Waals surface area contributed by atoms with Crippen LogP contribution in [0.15, 0.2) is 132 Å². The van der Waals surface area contributed by atoms with Gasteiger partial charge in [0.05, 0.1) is 0 Å². The van der Waals surface area contributed by atoms with Crippen molar-refractivity contribution < 1.29 is 4.39 Å². The average Bonchev–Trinajstić information content (AvgIpc) is 2.82. The summed E-state index contributed by atoms with van der Waals surface area (Å²) in [7, 11) is 0. The molecule has 0 saturated carbocycles. The fraction of sp³-hybridized carbons (Fsp3) is 0.0714. The van der Waals surface area contributed by atoms with Crippen LogP contribution in [0.2, 0.25) is 0 Å². The molecular formula is C28H25FGe. The first-order valence-corrected chi connectivity index (χ1v) is 14.6. The second-order valence-electron chi connectivity index (χ2n) is 7.42. The normalized spacial score (nSPS) is 12.0. The van der Waals surface area contributed by atoms with Gasteiger partial charge < -0.3 is 0 Å². The third-order valence-corrected chi connectivity index (χ3v) is 15.1. The van der Waals surface area contributed by atoms with E-state index in [4.69, 9.17) is 0 Å². The molecule has 0 aliphatic rings. The molecule has 30 heavy (non-hydrogen) atoms. The molecule has 4 aromatic rings. The predicted molar refractivity (Wildman–Crippen MR) is 128 cm³/mol. The Bertz CT molecular complexity index is 978. The van der Waals surface area contributed by atoms with Crippen LogP contribution in [0.5, 0.6) is 0 Å². The molecule has 0 amide bonds. The third kappa shape index (κ3) is 4.17. The molecule has 0 fully saturated rings. The van der Waals surface area contributed by atoms with E-state index in [2.05, 4.69) is 48.5 Å². The van der Waals surface area contributed by atoms with Crippen molar-refractivity contribution in [1.29, 1.82) is 0 Å². The van der Waals surface area contributed by atoms with E-state index in [0.29, 0.717) is 6.42 Å². The number of hydrogen-bond donors (Lipinski definition) is 0. The van der Waals surface area contributed by atoms with Crippen LogP contribution in [-0.2, 0) is 6.42 Å². The minimum atomic E-state index is -3.67. The summed E-state index contributed by atoms with van der Waals surface area (Å²) in [5.74, 6) is 0. The Hall–Kier alpha value is -2.91. The molecule has 0 aliphatic heterocycles. The van der Waals surface area contributed by atoms with E-state index in [1.165, 1.54) is 5.56 Å². The number of hydrogen-bond acceptors (Lipinski definition) is 0. The summed E-state index contributed by atoms with van der Waals surface area (Å²) >= 11 is -3.67. The number of allylic oxidation sites excluding steroid dienone is 1. The van der Waals surface area contributed by atoms with Gasteiger partial charge in [0, 0.05) is 0 Å². The van der Waals surface area contributed by atoms with Gasteiger partial charge in [-0.3, -0.25) is 0 Å². The molecule has 0 bridgehead atoms. The van der Waals surface area contributed by atoms with Crippen molar-refractivity contribution in [2.45, 2.75) is 12.8 Å². The number of benzene rings is 4. The van der Waals surface area contributed by atoms with Crippen molar-refractivity contribution in [3.63, 3.8) is 0 Å². The predicted octanol–water partition coefficient (Wildman–Crippen LogP) is 5.18. The molecule has 0 unspecified atom stereocenters. The van der Waals surface area contributed by atoms with Crippen molar-refractivity contribution in [2.75, 3.05) is 0 Å². The van der Waals surface area contributed by atoms with Crippen LogP contribution >= 0.6 is 0 Å². The summed E-state index contributed by atoms with van der Waals surface area (Å²) in [5, 5.41) is 0. The summed E-state index contributed by atoms with van der Waals surface area (Å²) in [5.41, 5.74) is 1.23. The summed E-state index contributed by atoms with van der Waals surface area (Å²) in [4.78, 5) is 0. The number of rotatable bonds is 7. The third-order valence-electron chi connectivity index (χ3n) is 5.58. The molecule has 0 aromatic heterocycles. The maximum absolute atomic E-state index is 16.4.